The van der Waals surface area contributed by atoms with E-state index in [1.807, 2.05) is 36.4 Å². The van der Waals surface area contributed by atoms with Gasteiger partial charge in [-0.1, -0.05) is 48.5 Å². The van der Waals surface area contributed by atoms with Gasteiger partial charge in [-0.05, 0) is 12.1 Å². The first-order chi connectivity index (χ1) is 10.7. The van der Waals surface area contributed by atoms with Gasteiger partial charge in [0.2, 0.25) is 0 Å². The highest BCUT2D eigenvalue weighted by atomic mass is 16.3. The quantitative estimate of drug-likeness (QED) is 0.748. The zero-order chi connectivity index (χ0) is 15.5. The maximum absolute atomic E-state index is 12.8. The van der Waals surface area contributed by atoms with Crippen LogP contribution in [0.1, 0.15) is 5.56 Å². The molecule has 1 unspecified atom stereocenters. The smallest absolute Gasteiger partial charge is 0.196 e. The van der Waals surface area contributed by atoms with E-state index in [4.69, 9.17) is 4.42 Å². The standard InChI is InChI=1S/C19H16O3/c1-2-14(20)12-16-18(21)15-10-6-7-11-17(15)22-19(16)13-8-4-3-5-9-13/h2-11,14,20H,1,12H2. The van der Waals surface area contributed by atoms with Crippen molar-refractivity contribution in [2.24, 2.45) is 0 Å². The molecule has 0 saturated carbocycles. The third kappa shape index (κ3) is 2.59. The average molecular weight is 292 g/mol. The van der Waals surface area contributed by atoms with Crippen LogP contribution in [-0.2, 0) is 6.42 Å². The summed E-state index contributed by atoms with van der Waals surface area (Å²) in [6, 6.07) is 16.6. The molecule has 2 aromatic carbocycles. The maximum Gasteiger partial charge on any atom is 0.196 e. The first-order valence-corrected chi connectivity index (χ1v) is 7.11. The lowest BCUT2D eigenvalue weighted by Gasteiger charge is -2.11. The van der Waals surface area contributed by atoms with Crippen LogP contribution in [0.15, 0.2) is 76.5 Å². The summed E-state index contributed by atoms with van der Waals surface area (Å²) < 4.78 is 5.96. The molecule has 0 aliphatic rings. The lowest BCUT2D eigenvalue weighted by atomic mass is 10.00. The molecule has 1 heterocycles. The van der Waals surface area contributed by atoms with Crippen molar-refractivity contribution in [1.82, 2.24) is 0 Å². The van der Waals surface area contributed by atoms with Crippen LogP contribution in [0, 0.1) is 0 Å². The second-order valence-electron chi connectivity index (χ2n) is 5.11. The van der Waals surface area contributed by atoms with E-state index < -0.39 is 6.10 Å². The third-order valence-electron chi connectivity index (χ3n) is 3.61. The highest BCUT2D eigenvalue weighted by Gasteiger charge is 2.17. The molecule has 0 aliphatic carbocycles. The molecule has 0 bridgehead atoms. The van der Waals surface area contributed by atoms with Crippen LogP contribution in [0.4, 0.5) is 0 Å². The van der Waals surface area contributed by atoms with Crippen LogP contribution >= 0.6 is 0 Å². The van der Waals surface area contributed by atoms with E-state index in [0.29, 0.717) is 22.3 Å². The number of rotatable bonds is 4. The minimum atomic E-state index is -0.786. The van der Waals surface area contributed by atoms with Crippen LogP contribution in [0.5, 0.6) is 0 Å². The zero-order valence-corrected chi connectivity index (χ0v) is 12.0. The fourth-order valence-electron chi connectivity index (χ4n) is 2.48. The van der Waals surface area contributed by atoms with Crippen molar-refractivity contribution >= 4 is 11.0 Å². The van der Waals surface area contributed by atoms with Crippen molar-refractivity contribution in [3.8, 4) is 11.3 Å². The lowest BCUT2D eigenvalue weighted by Crippen LogP contribution is -2.17. The molecule has 22 heavy (non-hydrogen) atoms. The second kappa shape index (κ2) is 6.00. The number of fused-ring (bicyclic) bond motifs is 1. The molecular weight excluding hydrogens is 276 g/mol. The molecule has 110 valence electrons. The van der Waals surface area contributed by atoms with Crippen LogP contribution in [0.25, 0.3) is 22.3 Å². The molecule has 1 N–H and O–H groups in total. The summed E-state index contributed by atoms with van der Waals surface area (Å²) in [4.78, 5) is 12.8. The number of aliphatic hydroxyl groups excluding tert-OH is 1. The summed E-state index contributed by atoms with van der Waals surface area (Å²) in [6.45, 7) is 3.57. The first-order valence-electron chi connectivity index (χ1n) is 7.11. The number of hydrogen-bond donors (Lipinski definition) is 1. The van der Waals surface area contributed by atoms with E-state index in [1.54, 1.807) is 18.2 Å². The van der Waals surface area contributed by atoms with E-state index in [9.17, 15) is 9.90 Å². The van der Waals surface area contributed by atoms with Crippen LogP contribution in [0.3, 0.4) is 0 Å². The number of aliphatic hydroxyl groups is 1. The van der Waals surface area contributed by atoms with Crippen molar-refractivity contribution in [2.75, 3.05) is 0 Å². The Bertz CT molecular complexity index is 863. The zero-order valence-electron chi connectivity index (χ0n) is 12.0. The number of hydrogen-bond acceptors (Lipinski definition) is 3. The lowest BCUT2D eigenvalue weighted by molar-refractivity contribution is 0.223. The van der Waals surface area contributed by atoms with E-state index in [2.05, 4.69) is 6.58 Å². The van der Waals surface area contributed by atoms with Crippen LogP contribution in [-0.4, -0.2) is 11.2 Å². The van der Waals surface area contributed by atoms with Gasteiger partial charge in [0.05, 0.1) is 11.5 Å². The molecule has 0 amide bonds. The van der Waals surface area contributed by atoms with Gasteiger partial charge in [0.25, 0.3) is 0 Å². The summed E-state index contributed by atoms with van der Waals surface area (Å²) in [7, 11) is 0. The van der Waals surface area contributed by atoms with Gasteiger partial charge in [-0.2, -0.15) is 0 Å². The fourth-order valence-corrected chi connectivity index (χ4v) is 2.48. The number of benzene rings is 2. The van der Waals surface area contributed by atoms with E-state index in [-0.39, 0.29) is 11.8 Å². The van der Waals surface area contributed by atoms with Crippen molar-refractivity contribution in [2.45, 2.75) is 12.5 Å². The summed E-state index contributed by atoms with van der Waals surface area (Å²) in [5.41, 5.74) is 1.72. The Morgan fingerprint density at radius 1 is 1.09 bits per heavy atom. The molecule has 3 aromatic rings. The van der Waals surface area contributed by atoms with Gasteiger partial charge in [-0.25, -0.2) is 0 Å². The SMILES string of the molecule is C=CC(O)Cc1c(-c2ccccc2)oc2ccccc2c1=O. The van der Waals surface area contributed by atoms with Gasteiger partial charge < -0.3 is 9.52 Å². The Morgan fingerprint density at radius 3 is 2.50 bits per heavy atom. The highest BCUT2D eigenvalue weighted by Crippen LogP contribution is 2.26. The predicted octanol–water partition coefficient (Wildman–Crippen LogP) is 3.55. The predicted molar refractivity (Wildman–Crippen MR) is 87.8 cm³/mol. The molecule has 0 aliphatic heterocycles. The monoisotopic (exact) mass is 292 g/mol. The molecule has 1 aromatic heterocycles. The van der Waals surface area contributed by atoms with Crippen LogP contribution < -0.4 is 5.43 Å². The molecule has 1 atom stereocenters. The van der Waals surface area contributed by atoms with Gasteiger partial charge >= 0.3 is 0 Å². The van der Waals surface area contributed by atoms with Crippen molar-refractivity contribution in [3.05, 3.63) is 83.0 Å². The molecular formula is C19H16O3. The van der Waals surface area contributed by atoms with E-state index in [1.165, 1.54) is 6.08 Å². The summed E-state index contributed by atoms with van der Waals surface area (Å²) in [6.07, 6.45) is 0.816. The molecule has 3 rings (SSSR count). The minimum Gasteiger partial charge on any atom is -0.456 e. The maximum atomic E-state index is 12.8. The topological polar surface area (TPSA) is 50.4 Å². The summed E-state index contributed by atoms with van der Waals surface area (Å²) >= 11 is 0. The minimum absolute atomic E-state index is 0.110. The molecule has 0 fully saturated rings. The first kappa shape index (κ1) is 14.3. The Labute approximate surface area is 128 Å². The van der Waals surface area contributed by atoms with E-state index >= 15 is 0 Å². The van der Waals surface area contributed by atoms with Crippen molar-refractivity contribution in [1.29, 1.82) is 0 Å². The van der Waals surface area contributed by atoms with Crippen molar-refractivity contribution in [3.63, 3.8) is 0 Å². The molecule has 0 radical (unpaired) electrons. The molecule has 3 heteroatoms. The molecule has 0 spiro atoms. The Morgan fingerprint density at radius 2 is 1.77 bits per heavy atom. The van der Waals surface area contributed by atoms with Gasteiger partial charge in [0.15, 0.2) is 5.43 Å². The largest absolute Gasteiger partial charge is 0.456 e. The molecule has 3 nitrogen and oxygen atoms in total. The Kier molecular flexibility index (Phi) is 3.90. The van der Waals surface area contributed by atoms with Gasteiger partial charge in [-0.15, -0.1) is 6.58 Å². The van der Waals surface area contributed by atoms with Crippen LogP contribution in [0.2, 0.25) is 0 Å². The fraction of sp³-hybridized carbons (Fsp3) is 0.105. The van der Waals surface area contributed by atoms with Gasteiger partial charge in [0, 0.05) is 17.5 Å². The average Bonchev–Trinajstić information content (AvgIpc) is 2.58. The van der Waals surface area contributed by atoms with Gasteiger partial charge in [0.1, 0.15) is 11.3 Å². The van der Waals surface area contributed by atoms with Crippen molar-refractivity contribution < 1.29 is 9.52 Å². The number of para-hydroxylation sites is 1. The van der Waals surface area contributed by atoms with Gasteiger partial charge in [-0.3, -0.25) is 4.79 Å². The summed E-state index contributed by atoms with van der Waals surface area (Å²) in [5.74, 6) is 0.505. The Balaban J connectivity index is 2.30. The summed E-state index contributed by atoms with van der Waals surface area (Å²) in [5, 5.41) is 10.4. The Hall–Kier alpha value is -2.65. The normalized spacial score (nSPS) is 12.2. The third-order valence-corrected chi connectivity index (χ3v) is 3.61. The highest BCUT2D eigenvalue weighted by molar-refractivity contribution is 5.80. The molecule has 0 saturated heterocycles. The van der Waals surface area contributed by atoms with E-state index in [0.717, 1.165) is 5.56 Å². The second-order valence-corrected chi connectivity index (χ2v) is 5.11.